The standard InChI is InChI=1S/C11H13ClN2O/c1-14-5-3-2-4-8-6-9(12)7-10(13)11(8)15/h6-7,14-15H,3,5,13H2,1H3. The number of nitrogens with one attached hydrogen (secondary N) is 1. The second-order valence-electron chi connectivity index (χ2n) is 3.05. The van der Waals surface area contributed by atoms with Gasteiger partial charge in [-0.1, -0.05) is 23.4 Å². The highest BCUT2D eigenvalue weighted by Crippen LogP contribution is 2.28. The number of phenolic OH excluding ortho intramolecular Hbond substituents is 1. The summed E-state index contributed by atoms with van der Waals surface area (Å²) in [6.07, 6.45) is 0.711. The van der Waals surface area contributed by atoms with E-state index < -0.39 is 0 Å². The van der Waals surface area contributed by atoms with Crippen LogP contribution in [0.2, 0.25) is 5.02 Å². The summed E-state index contributed by atoms with van der Waals surface area (Å²) in [5.41, 5.74) is 6.26. The summed E-state index contributed by atoms with van der Waals surface area (Å²) in [7, 11) is 1.86. The quantitative estimate of drug-likeness (QED) is 0.310. The molecule has 0 fully saturated rings. The Morgan fingerprint density at radius 2 is 2.27 bits per heavy atom. The number of benzene rings is 1. The molecule has 0 aliphatic rings. The number of anilines is 1. The molecule has 0 aliphatic carbocycles. The van der Waals surface area contributed by atoms with Crippen molar-refractivity contribution >= 4 is 17.3 Å². The van der Waals surface area contributed by atoms with E-state index in [1.54, 1.807) is 6.07 Å². The Labute approximate surface area is 94.2 Å². The minimum Gasteiger partial charge on any atom is -0.505 e. The van der Waals surface area contributed by atoms with Crippen LogP contribution in [0.5, 0.6) is 5.75 Å². The van der Waals surface area contributed by atoms with Gasteiger partial charge in [0.1, 0.15) is 0 Å². The molecule has 4 N–H and O–H groups in total. The molecule has 4 heteroatoms. The fourth-order valence-electron chi connectivity index (χ4n) is 1.06. The van der Waals surface area contributed by atoms with Gasteiger partial charge >= 0.3 is 0 Å². The van der Waals surface area contributed by atoms with Gasteiger partial charge in [-0.25, -0.2) is 0 Å². The number of phenols is 1. The third-order valence-electron chi connectivity index (χ3n) is 1.83. The van der Waals surface area contributed by atoms with Crippen molar-refractivity contribution in [3.8, 4) is 17.6 Å². The summed E-state index contributed by atoms with van der Waals surface area (Å²) in [5.74, 6) is 5.73. The molecular weight excluding hydrogens is 212 g/mol. The van der Waals surface area contributed by atoms with E-state index in [1.807, 2.05) is 7.05 Å². The van der Waals surface area contributed by atoms with Crippen LogP contribution in [-0.2, 0) is 0 Å². The van der Waals surface area contributed by atoms with Crippen LogP contribution in [0.4, 0.5) is 5.69 Å². The van der Waals surface area contributed by atoms with E-state index in [2.05, 4.69) is 17.2 Å². The Hall–Kier alpha value is -1.37. The highest BCUT2D eigenvalue weighted by atomic mass is 35.5. The van der Waals surface area contributed by atoms with Crippen LogP contribution < -0.4 is 11.1 Å². The number of hydrogen-bond donors (Lipinski definition) is 3. The van der Waals surface area contributed by atoms with Crippen molar-refractivity contribution < 1.29 is 5.11 Å². The zero-order valence-corrected chi connectivity index (χ0v) is 9.23. The van der Waals surface area contributed by atoms with Crippen molar-refractivity contribution in [3.63, 3.8) is 0 Å². The molecule has 0 amide bonds. The summed E-state index contributed by atoms with van der Waals surface area (Å²) in [6, 6.07) is 3.09. The number of rotatable bonds is 2. The van der Waals surface area contributed by atoms with Gasteiger partial charge in [0, 0.05) is 18.0 Å². The summed E-state index contributed by atoms with van der Waals surface area (Å²) in [5, 5.41) is 13.0. The SMILES string of the molecule is CNCCC#Cc1cc(Cl)cc(N)c1O. The fourth-order valence-corrected chi connectivity index (χ4v) is 1.29. The Bertz CT molecular complexity index is 407. The monoisotopic (exact) mass is 224 g/mol. The third-order valence-corrected chi connectivity index (χ3v) is 2.05. The average Bonchev–Trinajstić information content (AvgIpc) is 2.19. The van der Waals surface area contributed by atoms with Crippen molar-refractivity contribution in [1.82, 2.24) is 5.32 Å². The predicted octanol–water partition coefficient (Wildman–Crippen LogP) is 1.59. The Morgan fingerprint density at radius 1 is 1.53 bits per heavy atom. The summed E-state index contributed by atoms with van der Waals surface area (Å²) < 4.78 is 0. The van der Waals surface area contributed by atoms with Gasteiger partial charge in [-0.3, -0.25) is 0 Å². The van der Waals surface area contributed by atoms with E-state index in [4.69, 9.17) is 17.3 Å². The first kappa shape index (κ1) is 11.7. The van der Waals surface area contributed by atoms with Crippen LogP contribution in [0.3, 0.4) is 0 Å². The second kappa shape index (κ2) is 5.50. The molecule has 1 aromatic carbocycles. The van der Waals surface area contributed by atoms with Gasteiger partial charge in [-0.2, -0.15) is 0 Å². The van der Waals surface area contributed by atoms with Crippen molar-refractivity contribution in [2.45, 2.75) is 6.42 Å². The molecule has 0 aliphatic heterocycles. The lowest BCUT2D eigenvalue weighted by atomic mass is 10.1. The molecule has 0 radical (unpaired) electrons. The molecule has 0 unspecified atom stereocenters. The van der Waals surface area contributed by atoms with E-state index in [0.29, 0.717) is 17.0 Å². The maximum atomic E-state index is 9.58. The maximum Gasteiger partial charge on any atom is 0.154 e. The van der Waals surface area contributed by atoms with Crippen molar-refractivity contribution in [2.75, 3.05) is 19.3 Å². The lowest BCUT2D eigenvalue weighted by Gasteiger charge is -2.01. The highest BCUT2D eigenvalue weighted by molar-refractivity contribution is 6.31. The van der Waals surface area contributed by atoms with E-state index in [9.17, 15) is 5.11 Å². The van der Waals surface area contributed by atoms with Crippen molar-refractivity contribution in [2.24, 2.45) is 0 Å². The molecule has 3 nitrogen and oxygen atoms in total. The average molecular weight is 225 g/mol. The predicted molar refractivity (Wildman–Crippen MR) is 63.0 cm³/mol. The molecule has 0 aromatic heterocycles. The van der Waals surface area contributed by atoms with Crippen LogP contribution in [-0.4, -0.2) is 18.7 Å². The summed E-state index contributed by atoms with van der Waals surface area (Å²) in [6.45, 7) is 0.809. The van der Waals surface area contributed by atoms with Crippen LogP contribution in [0.15, 0.2) is 12.1 Å². The van der Waals surface area contributed by atoms with Gasteiger partial charge in [0.15, 0.2) is 5.75 Å². The fraction of sp³-hybridized carbons (Fsp3) is 0.273. The molecule has 0 saturated carbocycles. The minimum absolute atomic E-state index is 0.00337. The van der Waals surface area contributed by atoms with Crippen LogP contribution in [0, 0.1) is 11.8 Å². The topological polar surface area (TPSA) is 58.3 Å². The molecule has 0 atom stereocenters. The van der Waals surface area contributed by atoms with Gasteiger partial charge in [0.25, 0.3) is 0 Å². The molecular formula is C11H13ClN2O. The van der Waals surface area contributed by atoms with E-state index in [-0.39, 0.29) is 11.4 Å². The molecule has 0 heterocycles. The third kappa shape index (κ3) is 3.35. The van der Waals surface area contributed by atoms with Gasteiger partial charge in [0.05, 0.1) is 11.3 Å². The van der Waals surface area contributed by atoms with Gasteiger partial charge in [-0.05, 0) is 19.2 Å². The Balaban J connectivity index is 2.88. The number of nitrogen functional groups attached to an aromatic ring is 1. The molecule has 0 saturated heterocycles. The lowest BCUT2D eigenvalue weighted by molar-refractivity contribution is 0.476. The second-order valence-corrected chi connectivity index (χ2v) is 3.48. The van der Waals surface area contributed by atoms with Gasteiger partial charge in [-0.15, -0.1) is 0 Å². The number of aromatic hydroxyl groups is 1. The number of hydrogen-bond acceptors (Lipinski definition) is 3. The lowest BCUT2D eigenvalue weighted by Crippen LogP contribution is -2.05. The van der Waals surface area contributed by atoms with Crippen molar-refractivity contribution in [3.05, 3.63) is 22.7 Å². The molecule has 1 rings (SSSR count). The highest BCUT2D eigenvalue weighted by Gasteiger charge is 2.03. The smallest absolute Gasteiger partial charge is 0.154 e. The largest absolute Gasteiger partial charge is 0.505 e. The van der Waals surface area contributed by atoms with Gasteiger partial charge in [0.2, 0.25) is 0 Å². The molecule has 0 spiro atoms. The normalized spacial score (nSPS) is 9.47. The molecule has 0 bridgehead atoms. The zero-order valence-electron chi connectivity index (χ0n) is 8.47. The first-order valence-electron chi connectivity index (χ1n) is 4.56. The Kier molecular flexibility index (Phi) is 4.29. The van der Waals surface area contributed by atoms with Gasteiger partial charge < -0.3 is 16.2 Å². The number of nitrogens with two attached hydrogens (primary N) is 1. The molecule has 15 heavy (non-hydrogen) atoms. The van der Waals surface area contributed by atoms with Crippen LogP contribution >= 0.6 is 11.6 Å². The summed E-state index contributed by atoms with van der Waals surface area (Å²) in [4.78, 5) is 0. The summed E-state index contributed by atoms with van der Waals surface area (Å²) >= 11 is 5.79. The zero-order chi connectivity index (χ0) is 11.3. The van der Waals surface area contributed by atoms with E-state index in [0.717, 1.165) is 6.54 Å². The Morgan fingerprint density at radius 3 is 2.93 bits per heavy atom. The van der Waals surface area contributed by atoms with Crippen LogP contribution in [0.25, 0.3) is 0 Å². The van der Waals surface area contributed by atoms with E-state index >= 15 is 0 Å². The first-order valence-corrected chi connectivity index (χ1v) is 4.94. The molecule has 1 aromatic rings. The van der Waals surface area contributed by atoms with Crippen molar-refractivity contribution in [1.29, 1.82) is 0 Å². The van der Waals surface area contributed by atoms with E-state index in [1.165, 1.54) is 6.07 Å². The van der Waals surface area contributed by atoms with Crippen LogP contribution in [0.1, 0.15) is 12.0 Å². The number of halogens is 1. The molecule has 80 valence electrons. The first-order chi connectivity index (χ1) is 7.15. The minimum atomic E-state index is -0.00337. The maximum absolute atomic E-state index is 9.58.